The van der Waals surface area contributed by atoms with Crippen molar-refractivity contribution >= 4 is 15.9 Å². The lowest BCUT2D eigenvalue weighted by Gasteiger charge is -2.35. The first-order valence-corrected chi connectivity index (χ1v) is 8.82. The first-order valence-electron chi connectivity index (χ1n) is 7.42. The molecule has 5 nitrogen and oxygen atoms in total. The van der Waals surface area contributed by atoms with Crippen LogP contribution in [0.3, 0.4) is 0 Å². The largest absolute Gasteiger partial charge is 0.392 e. The summed E-state index contributed by atoms with van der Waals surface area (Å²) in [5, 5.41) is 9.67. The van der Waals surface area contributed by atoms with E-state index in [1.165, 1.54) is 8.61 Å². The van der Waals surface area contributed by atoms with E-state index in [0.717, 1.165) is 12.8 Å². The Kier molecular flexibility index (Phi) is 5.24. The van der Waals surface area contributed by atoms with Gasteiger partial charge < -0.3 is 5.11 Å². The van der Waals surface area contributed by atoms with Crippen LogP contribution in [0.2, 0.25) is 0 Å². The van der Waals surface area contributed by atoms with Crippen molar-refractivity contribution in [1.82, 2.24) is 4.31 Å². The molecule has 6 heteroatoms. The van der Waals surface area contributed by atoms with E-state index in [9.17, 15) is 13.5 Å². The topological polar surface area (TPSA) is 60.9 Å². The van der Waals surface area contributed by atoms with E-state index in [1.54, 1.807) is 31.2 Å². The van der Waals surface area contributed by atoms with Gasteiger partial charge in [-0.05, 0) is 37.8 Å². The van der Waals surface area contributed by atoms with Crippen LogP contribution in [0.1, 0.15) is 26.7 Å². The molecule has 0 aliphatic carbocycles. The fraction of sp³-hybridized carbons (Fsp3) is 0.600. The van der Waals surface area contributed by atoms with Gasteiger partial charge in [-0.15, -0.1) is 0 Å². The monoisotopic (exact) mass is 312 g/mol. The molecule has 0 amide bonds. The minimum absolute atomic E-state index is 0.0667. The fourth-order valence-corrected chi connectivity index (χ4v) is 4.54. The second-order valence-corrected chi connectivity index (χ2v) is 7.68. The van der Waals surface area contributed by atoms with Crippen LogP contribution in [0.5, 0.6) is 0 Å². The maximum atomic E-state index is 12.9. The van der Waals surface area contributed by atoms with E-state index in [-0.39, 0.29) is 6.54 Å². The third-order valence-corrected chi connectivity index (χ3v) is 5.60. The van der Waals surface area contributed by atoms with Gasteiger partial charge in [0.05, 0.1) is 18.3 Å². The molecule has 2 rings (SSSR count). The molecule has 0 saturated carbocycles. The number of aliphatic hydroxyl groups excluding tert-OH is 1. The normalized spacial score (nSPS) is 22.0. The molecule has 0 bridgehead atoms. The summed E-state index contributed by atoms with van der Waals surface area (Å²) < 4.78 is 28.7. The van der Waals surface area contributed by atoms with Gasteiger partial charge in [-0.25, -0.2) is 0 Å². The van der Waals surface area contributed by atoms with Gasteiger partial charge >= 0.3 is 10.2 Å². The molecule has 0 spiro atoms. The Balaban J connectivity index is 2.30. The summed E-state index contributed by atoms with van der Waals surface area (Å²) in [5.74, 6) is 0.373. The lowest BCUT2D eigenvalue weighted by molar-refractivity contribution is 0.202. The second kappa shape index (κ2) is 6.77. The first-order chi connectivity index (χ1) is 9.91. The van der Waals surface area contributed by atoms with Crippen LogP contribution in [-0.4, -0.2) is 43.6 Å². The van der Waals surface area contributed by atoms with Gasteiger partial charge in [-0.3, -0.25) is 4.31 Å². The molecule has 1 aliphatic rings. The molecule has 118 valence electrons. The molecule has 1 aromatic carbocycles. The molecule has 2 atom stereocenters. The maximum Gasteiger partial charge on any atom is 0.304 e. The van der Waals surface area contributed by atoms with Crippen LogP contribution >= 0.6 is 0 Å². The number of nitrogens with zero attached hydrogens (tertiary/aromatic N) is 2. The zero-order valence-electron chi connectivity index (χ0n) is 12.6. The number of anilines is 1. The van der Waals surface area contributed by atoms with Crippen LogP contribution in [-0.2, 0) is 10.2 Å². The summed E-state index contributed by atoms with van der Waals surface area (Å²) in [5.41, 5.74) is 0.594. The SMILES string of the molecule is C[C@H]1CCCN(S(=O)(=O)N(C[C@H](C)O)c2ccccc2)C1. The molecule has 1 saturated heterocycles. The highest BCUT2D eigenvalue weighted by Crippen LogP contribution is 2.25. The maximum absolute atomic E-state index is 12.9. The molecule has 0 unspecified atom stereocenters. The number of piperidine rings is 1. The predicted molar refractivity (Wildman–Crippen MR) is 84.4 cm³/mol. The van der Waals surface area contributed by atoms with Gasteiger partial charge in [-0.2, -0.15) is 12.7 Å². The van der Waals surface area contributed by atoms with Crippen molar-refractivity contribution in [2.24, 2.45) is 5.92 Å². The molecule has 0 radical (unpaired) electrons. The fourth-order valence-electron chi connectivity index (χ4n) is 2.66. The van der Waals surface area contributed by atoms with Crippen molar-refractivity contribution in [3.05, 3.63) is 30.3 Å². The first kappa shape index (κ1) is 16.3. The molecule has 0 aromatic heterocycles. The van der Waals surface area contributed by atoms with Crippen LogP contribution < -0.4 is 4.31 Å². The zero-order valence-corrected chi connectivity index (χ0v) is 13.5. The minimum Gasteiger partial charge on any atom is -0.392 e. The summed E-state index contributed by atoms with van der Waals surface area (Å²) >= 11 is 0. The minimum atomic E-state index is -3.60. The smallest absolute Gasteiger partial charge is 0.304 e. The summed E-state index contributed by atoms with van der Waals surface area (Å²) in [6.45, 7) is 4.84. The van der Waals surface area contributed by atoms with Crippen LogP contribution in [0.25, 0.3) is 0 Å². The van der Waals surface area contributed by atoms with E-state index in [4.69, 9.17) is 0 Å². The number of hydrogen-bond donors (Lipinski definition) is 1. The number of aliphatic hydroxyl groups is 1. The Bertz CT molecular complexity index is 545. The number of para-hydroxylation sites is 1. The molecule has 21 heavy (non-hydrogen) atoms. The van der Waals surface area contributed by atoms with E-state index in [0.29, 0.717) is 24.7 Å². The van der Waals surface area contributed by atoms with Crippen molar-refractivity contribution < 1.29 is 13.5 Å². The highest BCUT2D eigenvalue weighted by molar-refractivity contribution is 7.90. The van der Waals surface area contributed by atoms with Gasteiger partial charge in [-0.1, -0.05) is 25.1 Å². The van der Waals surface area contributed by atoms with Crippen molar-refractivity contribution in [1.29, 1.82) is 0 Å². The highest BCUT2D eigenvalue weighted by atomic mass is 32.2. The Morgan fingerprint density at radius 3 is 2.62 bits per heavy atom. The molecule has 1 N–H and O–H groups in total. The quantitative estimate of drug-likeness (QED) is 0.902. The standard InChI is InChI=1S/C15H24N2O3S/c1-13-7-6-10-16(11-13)21(19,20)17(12-14(2)18)15-8-4-3-5-9-15/h3-5,8-9,13-14,18H,6-7,10-12H2,1-2H3/t13-,14-/m0/s1. The summed E-state index contributed by atoms with van der Waals surface area (Å²) in [4.78, 5) is 0. The van der Waals surface area contributed by atoms with Crippen LogP contribution in [0.15, 0.2) is 30.3 Å². The Labute approximate surface area is 127 Å². The van der Waals surface area contributed by atoms with Gasteiger partial charge in [0.2, 0.25) is 0 Å². The number of hydrogen-bond acceptors (Lipinski definition) is 3. The Morgan fingerprint density at radius 2 is 2.05 bits per heavy atom. The predicted octanol–water partition coefficient (Wildman–Crippen LogP) is 1.85. The van der Waals surface area contributed by atoms with E-state index in [2.05, 4.69) is 6.92 Å². The molecule has 1 fully saturated rings. The van der Waals surface area contributed by atoms with Gasteiger partial charge in [0.1, 0.15) is 0 Å². The Hall–Kier alpha value is -1.11. The highest BCUT2D eigenvalue weighted by Gasteiger charge is 2.33. The average Bonchev–Trinajstić information content (AvgIpc) is 2.45. The molecule has 1 aliphatic heterocycles. The van der Waals surface area contributed by atoms with E-state index < -0.39 is 16.3 Å². The van der Waals surface area contributed by atoms with Crippen molar-refractivity contribution in [2.45, 2.75) is 32.8 Å². The van der Waals surface area contributed by atoms with Crippen molar-refractivity contribution in [3.63, 3.8) is 0 Å². The van der Waals surface area contributed by atoms with E-state index in [1.807, 2.05) is 6.07 Å². The van der Waals surface area contributed by atoms with Crippen molar-refractivity contribution in [3.8, 4) is 0 Å². The summed E-state index contributed by atoms with van der Waals surface area (Å²) in [6.07, 6.45) is 1.23. The van der Waals surface area contributed by atoms with Crippen molar-refractivity contribution in [2.75, 3.05) is 23.9 Å². The molecular formula is C15H24N2O3S. The second-order valence-electron chi connectivity index (χ2n) is 5.83. The molecular weight excluding hydrogens is 288 g/mol. The summed E-state index contributed by atoms with van der Waals surface area (Å²) in [6, 6.07) is 8.97. The average molecular weight is 312 g/mol. The zero-order chi connectivity index (χ0) is 15.5. The lowest BCUT2D eigenvalue weighted by Crippen LogP contribution is -2.49. The van der Waals surface area contributed by atoms with Crippen LogP contribution in [0, 0.1) is 5.92 Å². The van der Waals surface area contributed by atoms with Gasteiger partial charge in [0, 0.05) is 13.1 Å². The van der Waals surface area contributed by atoms with E-state index >= 15 is 0 Å². The Morgan fingerprint density at radius 1 is 1.38 bits per heavy atom. The third kappa shape index (κ3) is 3.96. The number of rotatable bonds is 5. The lowest BCUT2D eigenvalue weighted by atomic mass is 10.0. The van der Waals surface area contributed by atoms with Crippen LogP contribution in [0.4, 0.5) is 5.69 Å². The summed E-state index contributed by atoms with van der Waals surface area (Å²) in [7, 11) is -3.60. The third-order valence-electron chi connectivity index (χ3n) is 3.70. The molecule has 1 aromatic rings. The molecule has 1 heterocycles. The number of benzene rings is 1. The van der Waals surface area contributed by atoms with Gasteiger partial charge in [0.15, 0.2) is 0 Å². The van der Waals surface area contributed by atoms with Gasteiger partial charge in [0.25, 0.3) is 0 Å².